The smallest absolute Gasteiger partial charge is 0.174 e. The highest BCUT2D eigenvalue weighted by atomic mass is 32.1. The lowest BCUT2D eigenvalue weighted by atomic mass is 10.1. The number of hydrogen-bond acceptors (Lipinski definition) is 12. The van der Waals surface area contributed by atoms with Gasteiger partial charge in [0.1, 0.15) is 22.6 Å². The largest absolute Gasteiger partial charge is 0.464 e. The molecule has 0 amide bonds. The second-order valence-corrected chi connectivity index (χ2v) is 31.0. The summed E-state index contributed by atoms with van der Waals surface area (Å²) in [6, 6.07) is 148. The molecule has 0 saturated carbocycles. The molecular weight excluding hydrogens is 1550 g/mol. The van der Waals surface area contributed by atoms with Crippen molar-refractivity contribution in [1.29, 1.82) is 0 Å². The summed E-state index contributed by atoms with van der Waals surface area (Å²) in [5, 5.41) is 24.7. The standard InChI is InChI=1S/2C14H10O.2C14H10S.2C13H9NO.2C13H9NS/c1-2-6-11(7-3-1)13-10-15-14-9-5-4-8-12(13)14;1-2-6-11(7-3-1)14-13-9-5-4-8-12(13)10-15-14;1-2-6-11(7-3-1)13-10-15-14-9-5-4-8-12(13)14;1-2-6-11(7-3-1)14-13-9-5-4-8-12(13)10-15-14;1-2-6-10(7-3-1)13-11-8-4-5-9-12(11)15-14-13;1-2-6-10(7-3-1)13-11-8-4-5-9-12(11)14-15-13;1-2-6-10(7-3-1)13-11-8-4-5-9-12(11)15-14-13;1-2-6-10(7-3-1)13-11-8-4-5-9-12(11)14-15-13/h4*1-10H;4*1-9H. The Kier molecular flexibility index (Phi) is 25.1. The molecule has 120 heavy (non-hydrogen) atoms. The predicted molar refractivity (Wildman–Crippen MR) is 507 cm³/mol. The van der Waals surface area contributed by atoms with E-state index in [1.165, 1.54) is 90.2 Å². The summed E-state index contributed by atoms with van der Waals surface area (Å²) in [6.45, 7) is 0. The number of fused-ring (bicyclic) bond motifs is 8. The molecule has 576 valence electrons. The zero-order valence-corrected chi connectivity index (χ0v) is 68.2. The molecule has 0 aliphatic carbocycles. The molecule has 8 heterocycles. The summed E-state index contributed by atoms with van der Waals surface area (Å²) in [5.74, 6) is 1.79. The van der Waals surface area contributed by atoms with Gasteiger partial charge in [-0.25, -0.2) is 0 Å². The fourth-order valence-electron chi connectivity index (χ4n) is 14.0. The van der Waals surface area contributed by atoms with Gasteiger partial charge in [0.25, 0.3) is 0 Å². The Morgan fingerprint density at radius 3 is 1.27 bits per heavy atom. The number of nitrogens with zero attached hydrogens (tertiary/aromatic N) is 4. The minimum absolute atomic E-state index is 0.830. The van der Waals surface area contributed by atoms with Crippen LogP contribution in [-0.4, -0.2) is 19.1 Å². The maximum absolute atomic E-state index is 5.60. The second kappa shape index (κ2) is 38.8. The number of hydrogen-bond donors (Lipinski definition) is 0. The van der Waals surface area contributed by atoms with Gasteiger partial charge in [-0.3, -0.25) is 0 Å². The third-order valence-corrected chi connectivity index (χ3v) is 23.7. The maximum Gasteiger partial charge on any atom is 0.174 e. The van der Waals surface area contributed by atoms with Gasteiger partial charge in [0.15, 0.2) is 11.3 Å². The fraction of sp³-hybridized carbons (Fsp3) is 0. The van der Waals surface area contributed by atoms with Crippen LogP contribution in [0, 0.1) is 0 Å². The van der Waals surface area contributed by atoms with E-state index < -0.39 is 0 Å². The van der Waals surface area contributed by atoms with Crippen LogP contribution in [0.2, 0.25) is 0 Å². The average Bonchev–Trinajstić information content (AvgIpc) is 1.75. The molecule has 0 aliphatic heterocycles. The Morgan fingerprint density at radius 1 is 0.208 bits per heavy atom. The van der Waals surface area contributed by atoms with Gasteiger partial charge in [0.05, 0.1) is 33.3 Å². The van der Waals surface area contributed by atoms with Gasteiger partial charge in [0.2, 0.25) is 0 Å². The number of benzene rings is 16. The minimum atomic E-state index is 0.830. The summed E-state index contributed by atoms with van der Waals surface area (Å²) in [6.07, 6.45) is 3.62. The monoisotopic (exact) mass is 1620 g/mol. The molecule has 0 spiro atoms. The molecule has 0 saturated heterocycles. The summed E-state index contributed by atoms with van der Waals surface area (Å²) < 4.78 is 33.3. The van der Waals surface area contributed by atoms with Crippen molar-refractivity contribution in [2.75, 3.05) is 0 Å². The Bertz CT molecular complexity index is 5970. The molecule has 0 fully saturated rings. The van der Waals surface area contributed by atoms with Crippen LogP contribution < -0.4 is 0 Å². The summed E-state index contributed by atoms with van der Waals surface area (Å²) in [5.41, 5.74) is 17.8. The van der Waals surface area contributed by atoms with Gasteiger partial charge in [-0.2, -0.15) is 8.75 Å². The summed E-state index contributed by atoms with van der Waals surface area (Å²) in [4.78, 5) is 2.62. The van der Waals surface area contributed by atoms with Crippen LogP contribution >= 0.6 is 45.7 Å². The van der Waals surface area contributed by atoms with E-state index in [2.05, 4.69) is 260 Å². The maximum atomic E-state index is 5.60. The van der Waals surface area contributed by atoms with Crippen LogP contribution in [0.3, 0.4) is 0 Å². The van der Waals surface area contributed by atoms with Gasteiger partial charge >= 0.3 is 0 Å². The Hall–Kier alpha value is -14.8. The normalized spacial score (nSPS) is 10.7. The third kappa shape index (κ3) is 18.5. The summed E-state index contributed by atoms with van der Waals surface area (Å²) in [7, 11) is 0. The number of rotatable bonds is 8. The minimum Gasteiger partial charge on any atom is -0.464 e. The molecule has 0 atom stereocenters. The van der Waals surface area contributed by atoms with Crippen LogP contribution in [0.25, 0.3) is 174 Å². The highest BCUT2D eigenvalue weighted by molar-refractivity contribution is 7.17. The zero-order valence-electron chi connectivity index (χ0n) is 64.9. The van der Waals surface area contributed by atoms with Crippen molar-refractivity contribution < 1.29 is 17.9 Å². The van der Waals surface area contributed by atoms with Gasteiger partial charge in [0, 0.05) is 91.4 Å². The molecule has 8 aromatic heterocycles. The van der Waals surface area contributed by atoms with Gasteiger partial charge in [-0.05, 0) is 110 Å². The number of aromatic nitrogens is 4. The van der Waals surface area contributed by atoms with E-state index in [0.29, 0.717) is 0 Å². The Morgan fingerprint density at radius 2 is 0.642 bits per heavy atom. The molecule has 0 bridgehead atoms. The Balaban J connectivity index is 0.0000000979. The molecule has 16 aromatic carbocycles. The van der Waals surface area contributed by atoms with Crippen molar-refractivity contribution in [3.8, 4) is 88.3 Å². The van der Waals surface area contributed by atoms with Crippen LogP contribution in [0.15, 0.2) is 478 Å². The zero-order chi connectivity index (χ0) is 80.7. The van der Waals surface area contributed by atoms with Crippen molar-refractivity contribution in [1.82, 2.24) is 19.1 Å². The molecular formula is C108H76N4O4S4. The predicted octanol–water partition coefficient (Wildman–Crippen LogP) is 32.3. The van der Waals surface area contributed by atoms with Gasteiger partial charge in [-0.1, -0.05) is 399 Å². The molecule has 0 aliphatic rings. The first kappa shape index (κ1) is 77.8. The highest BCUT2D eigenvalue weighted by Gasteiger charge is 2.14. The van der Waals surface area contributed by atoms with Crippen LogP contribution in [-0.2, 0) is 0 Å². The van der Waals surface area contributed by atoms with E-state index in [0.717, 1.165) is 83.5 Å². The molecule has 24 aromatic rings. The quantitative estimate of drug-likeness (QED) is 0.148. The first-order chi connectivity index (χ1) is 59.6. The lowest BCUT2D eigenvalue weighted by Crippen LogP contribution is -1.76. The van der Waals surface area contributed by atoms with E-state index in [-0.39, 0.29) is 0 Å². The molecule has 8 nitrogen and oxygen atoms in total. The first-order valence-electron chi connectivity index (χ1n) is 39.3. The van der Waals surface area contributed by atoms with E-state index in [1.807, 2.05) is 235 Å². The van der Waals surface area contributed by atoms with Crippen molar-refractivity contribution in [2.24, 2.45) is 0 Å². The molecule has 0 radical (unpaired) electrons. The van der Waals surface area contributed by atoms with Gasteiger partial charge < -0.3 is 17.9 Å². The van der Waals surface area contributed by atoms with Crippen molar-refractivity contribution in [2.45, 2.75) is 0 Å². The van der Waals surface area contributed by atoms with Gasteiger partial charge in [-0.15, -0.1) is 22.7 Å². The van der Waals surface area contributed by atoms with E-state index >= 15 is 0 Å². The third-order valence-electron chi connectivity index (χ3n) is 19.9. The fourth-order valence-corrected chi connectivity index (χ4v) is 17.7. The first-order valence-corrected chi connectivity index (χ1v) is 42.6. The summed E-state index contributed by atoms with van der Waals surface area (Å²) >= 11 is 6.75. The second-order valence-electron chi connectivity index (χ2n) is 27.6. The van der Waals surface area contributed by atoms with E-state index in [1.54, 1.807) is 29.3 Å². The van der Waals surface area contributed by atoms with E-state index in [4.69, 9.17) is 17.9 Å². The van der Waals surface area contributed by atoms with Crippen LogP contribution in [0.5, 0.6) is 0 Å². The molecule has 12 heteroatoms. The van der Waals surface area contributed by atoms with E-state index in [9.17, 15) is 0 Å². The molecule has 0 N–H and O–H groups in total. The number of para-hydroxylation sites is 2. The molecule has 0 unspecified atom stereocenters. The lowest BCUT2D eigenvalue weighted by molar-refractivity contribution is 0.441. The van der Waals surface area contributed by atoms with Crippen molar-refractivity contribution in [3.05, 3.63) is 460 Å². The number of thiophene rings is 2. The van der Waals surface area contributed by atoms with Crippen LogP contribution in [0.1, 0.15) is 0 Å². The van der Waals surface area contributed by atoms with Crippen molar-refractivity contribution in [3.63, 3.8) is 0 Å². The Labute approximate surface area is 711 Å². The lowest BCUT2D eigenvalue weighted by Gasteiger charge is -1.98. The number of furan rings is 2. The van der Waals surface area contributed by atoms with Crippen LogP contribution in [0.4, 0.5) is 0 Å². The SMILES string of the molecule is c1ccc(-c2coc3ccccc23)cc1.c1ccc(-c2csc3ccccc23)cc1.c1ccc(-c2noc3ccccc23)cc1.c1ccc(-c2nsc3ccccc23)cc1.c1ccc(-c2occ3ccccc23)cc1.c1ccc(-c2onc3ccccc23)cc1.c1ccc(-c2scc3ccccc23)cc1.c1ccc(-c2snc3ccccc23)cc1. The average molecular weight is 1620 g/mol. The molecule has 24 rings (SSSR count). The topological polar surface area (TPSA) is 104 Å². The van der Waals surface area contributed by atoms with Crippen molar-refractivity contribution >= 4 is 131 Å². The highest BCUT2D eigenvalue weighted by Crippen LogP contribution is 2.39.